The fraction of sp³-hybridized carbons (Fsp3) is 0.0556. The lowest BCUT2D eigenvalue weighted by Gasteiger charge is -2.00. The quantitative estimate of drug-likeness (QED) is 0.570. The molecule has 0 aliphatic carbocycles. The van der Waals surface area contributed by atoms with Crippen molar-refractivity contribution in [2.75, 3.05) is 0 Å². The van der Waals surface area contributed by atoms with Gasteiger partial charge >= 0.3 is 5.97 Å². The summed E-state index contributed by atoms with van der Waals surface area (Å²) >= 11 is 7.47. The van der Waals surface area contributed by atoms with Crippen LogP contribution in [0.2, 0.25) is 5.02 Å². The lowest BCUT2D eigenvalue weighted by molar-refractivity contribution is -0.135. The summed E-state index contributed by atoms with van der Waals surface area (Å²) in [5, 5.41) is 14.9. The number of nitrogens with zero attached hydrogens (tertiary/aromatic N) is 3. The van der Waals surface area contributed by atoms with Gasteiger partial charge in [0, 0.05) is 16.8 Å². The summed E-state index contributed by atoms with van der Waals surface area (Å²) in [5.74, 6) is -0.903. The number of rotatable bonds is 4. The first kappa shape index (κ1) is 15.8. The smallest absolute Gasteiger partial charge is 0.307 e. The number of pyridine rings is 1. The molecule has 4 aromatic rings. The van der Waals surface area contributed by atoms with Crippen LogP contribution >= 0.6 is 22.9 Å². The summed E-state index contributed by atoms with van der Waals surface area (Å²) in [6, 6.07) is 11.2. The van der Waals surface area contributed by atoms with E-state index in [-0.39, 0.29) is 6.42 Å². The van der Waals surface area contributed by atoms with Gasteiger partial charge in [-0.05, 0) is 42.0 Å². The number of carboxylic acids is 1. The molecule has 0 atom stereocenters. The largest absolute Gasteiger partial charge is 0.481 e. The molecule has 4 rings (SSSR count). The highest BCUT2D eigenvalue weighted by atomic mass is 35.5. The zero-order chi connectivity index (χ0) is 17.4. The molecule has 124 valence electrons. The SMILES string of the molecule is O=C(O)C/C(=C/c1cnn2ccccc12)c1nc2cc(Cl)ccc2s1. The van der Waals surface area contributed by atoms with Gasteiger partial charge in [-0.15, -0.1) is 11.3 Å². The van der Waals surface area contributed by atoms with Crippen LogP contribution in [-0.2, 0) is 4.79 Å². The Bertz CT molecular complexity index is 1130. The third kappa shape index (κ3) is 3.14. The first-order chi connectivity index (χ1) is 12.1. The molecule has 0 bridgehead atoms. The van der Waals surface area contributed by atoms with Crippen molar-refractivity contribution in [3.05, 3.63) is 64.4 Å². The summed E-state index contributed by atoms with van der Waals surface area (Å²) in [5.41, 5.74) is 3.18. The van der Waals surface area contributed by atoms with E-state index in [1.165, 1.54) is 11.3 Å². The maximum atomic E-state index is 11.3. The number of halogens is 1. The normalized spacial score (nSPS) is 12.1. The minimum atomic E-state index is -0.903. The topological polar surface area (TPSA) is 67.5 Å². The molecule has 3 heterocycles. The van der Waals surface area contributed by atoms with Gasteiger partial charge in [-0.2, -0.15) is 5.10 Å². The number of carboxylic acid groups (broad SMARTS) is 1. The predicted molar refractivity (Wildman–Crippen MR) is 99.9 cm³/mol. The molecule has 1 N–H and O–H groups in total. The van der Waals surface area contributed by atoms with Gasteiger partial charge in [0.15, 0.2) is 0 Å². The van der Waals surface area contributed by atoms with Crippen LogP contribution in [0.1, 0.15) is 17.0 Å². The lowest BCUT2D eigenvalue weighted by Crippen LogP contribution is -1.97. The highest BCUT2D eigenvalue weighted by Gasteiger charge is 2.14. The summed E-state index contributed by atoms with van der Waals surface area (Å²) in [7, 11) is 0. The number of fused-ring (bicyclic) bond motifs is 2. The van der Waals surface area contributed by atoms with Gasteiger partial charge in [0.05, 0.1) is 28.4 Å². The van der Waals surface area contributed by atoms with Crippen molar-refractivity contribution >= 4 is 56.3 Å². The number of hydrogen-bond donors (Lipinski definition) is 1. The zero-order valence-electron chi connectivity index (χ0n) is 12.9. The van der Waals surface area contributed by atoms with E-state index in [0.717, 1.165) is 21.3 Å². The number of carbonyl (C=O) groups is 1. The highest BCUT2D eigenvalue weighted by Crippen LogP contribution is 2.32. The summed E-state index contributed by atoms with van der Waals surface area (Å²) in [4.78, 5) is 15.9. The first-order valence-corrected chi connectivity index (χ1v) is 8.71. The van der Waals surface area contributed by atoms with Gasteiger partial charge in [0.25, 0.3) is 0 Å². The van der Waals surface area contributed by atoms with Crippen LogP contribution < -0.4 is 0 Å². The van der Waals surface area contributed by atoms with Crippen molar-refractivity contribution in [2.24, 2.45) is 0 Å². The van der Waals surface area contributed by atoms with E-state index in [4.69, 9.17) is 11.6 Å². The minimum Gasteiger partial charge on any atom is -0.481 e. The summed E-state index contributed by atoms with van der Waals surface area (Å²) in [6.07, 6.45) is 5.30. The Labute approximate surface area is 151 Å². The Hall–Kier alpha value is -2.70. The van der Waals surface area contributed by atoms with Gasteiger partial charge in [0.1, 0.15) is 5.01 Å². The van der Waals surface area contributed by atoms with Crippen LogP contribution in [0.5, 0.6) is 0 Å². The number of benzene rings is 1. The van der Waals surface area contributed by atoms with E-state index < -0.39 is 5.97 Å². The van der Waals surface area contributed by atoms with E-state index >= 15 is 0 Å². The van der Waals surface area contributed by atoms with Crippen molar-refractivity contribution in [3.8, 4) is 0 Å². The van der Waals surface area contributed by atoms with Crippen molar-refractivity contribution < 1.29 is 9.90 Å². The molecule has 0 saturated heterocycles. The molecule has 7 heteroatoms. The molecule has 0 aliphatic heterocycles. The van der Waals surface area contributed by atoms with E-state index in [9.17, 15) is 9.90 Å². The molecule has 0 fully saturated rings. The average Bonchev–Trinajstić information content (AvgIpc) is 3.18. The first-order valence-electron chi connectivity index (χ1n) is 7.51. The molecule has 25 heavy (non-hydrogen) atoms. The molecule has 0 amide bonds. The van der Waals surface area contributed by atoms with E-state index in [1.54, 1.807) is 22.8 Å². The molecule has 0 saturated carbocycles. The van der Waals surface area contributed by atoms with Gasteiger partial charge in [-0.25, -0.2) is 9.50 Å². The number of thiazole rings is 1. The van der Waals surface area contributed by atoms with Gasteiger partial charge in [0.2, 0.25) is 0 Å². The van der Waals surface area contributed by atoms with E-state index in [2.05, 4.69) is 10.1 Å². The second kappa shape index (κ2) is 6.31. The maximum Gasteiger partial charge on any atom is 0.307 e. The molecular weight excluding hydrogens is 358 g/mol. The zero-order valence-corrected chi connectivity index (χ0v) is 14.5. The number of aliphatic carboxylic acids is 1. The highest BCUT2D eigenvalue weighted by molar-refractivity contribution is 7.19. The van der Waals surface area contributed by atoms with Gasteiger partial charge in [-0.1, -0.05) is 17.7 Å². The second-order valence-electron chi connectivity index (χ2n) is 5.50. The molecule has 0 unspecified atom stereocenters. The Morgan fingerprint density at radius 3 is 3.04 bits per heavy atom. The van der Waals surface area contributed by atoms with Crippen molar-refractivity contribution in [1.29, 1.82) is 0 Å². The number of aromatic nitrogens is 3. The standard InChI is InChI=1S/C18H12ClN3O2S/c19-13-4-5-16-14(9-13)21-18(25-16)11(8-17(23)24)7-12-10-20-22-6-2-1-3-15(12)22/h1-7,9-10H,8H2,(H,23,24)/b11-7-. The molecular formula is C18H12ClN3O2S. The Balaban J connectivity index is 1.85. The minimum absolute atomic E-state index is 0.113. The van der Waals surface area contributed by atoms with Crippen LogP contribution in [0.3, 0.4) is 0 Å². The maximum absolute atomic E-state index is 11.3. The molecule has 5 nitrogen and oxygen atoms in total. The molecule has 1 aromatic carbocycles. The third-order valence-electron chi connectivity index (χ3n) is 3.75. The fourth-order valence-electron chi connectivity index (χ4n) is 2.64. The van der Waals surface area contributed by atoms with Crippen molar-refractivity contribution in [1.82, 2.24) is 14.6 Å². The van der Waals surface area contributed by atoms with Gasteiger partial charge in [-0.3, -0.25) is 4.79 Å². The lowest BCUT2D eigenvalue weighted by atomic mass is 10.1. The predicted octanol–water partition coefficient (Wildman–Crippen LogP) is 4.61. The Morgan fingerprint density at radius 1 is 1.32 bits per heavy atom. The molecule has 0 spiro atoms. The van der Waals surface area contributed by atoms with Crippen LogP contribution in [-0.4, -0.2) is 25.7 Å². The Morgan fingerprint density at radius 2 is 2.20 bits per heavy atom. The van der Waals surface area contributed by atoms with Crippen LogP contribution in [0.25, 0.3) is 27.4 Å². The summed E-state index contributed by atoms with van der Waals surface area (Å²) < 4.78 is 2.72. The van der Waals surface area contributed by atoms with Crippen LogP contribution in [0, 0.1) is 0 Å². The summed E-state index contributed by atoms with van der Waals surface area (Å²) in [6.45, 7) is 0. The average molecular weight is 370 g/mol. The van der Waals surface area contributed by atoms with Gasteiger partial charge < -0.3 is 5.11 Å². The van der Waals surface area contributed by atoms with E-state index in [1.807, 2.05) is 36.5 Å². The number of hydrogen-bond acceptors (Lipinski definition) is 4. The van der Waals surface area contributed by atoms with Crippen molar-refractivity contribution in [3.63, 3.8) is 0 Å². The molecule has 0 aliphatic rings. The monoisotopic (exact) mass is 369 g/mol. The molecule has 0 radical (unpaired) electrons. The van der Waals surface area contributed by atoms with Crippen LogP contribution in [0.4, 0.5) is 0 Å². The fourth-order valence-corrected chi connectivity index (χ4v) is 3.77. The van der Waals surface area contributed by atoms with Crippen molar-refractivity contribution in [2.45, 2.75) is 6.42 Å². The third-order valence-corrected chi connectivity index (χ3v) is 5.10. The van der Waals surface area contributed by atoms with Crippen LogP contribution in [0.15, 0.2) is 48.8 Å². The Kier molecular flexibility index (Phi) is 3.99. The molecule has 3 aromatic heterocycles. The van der Waals surface area contributed by atoms with E-state index in [0.29, 0.717) is 15.6 Å². The second-order valence-corrected chi connectivity index (χ2v) is 6.97.